The third-order valence-electron chi connectivity index (χ3n) is 5.04. The van der Waals surface area contributed by atoms with Gasteiger partial charge in [-0.2, -0.15) is 0 Å². The molecule has 0 radical (unpaired) electrons. The molecule has 2 nitrogen and oxygen atoms in total. The van der Waals surface area contributed by atoms with Crippen LogP contribution in [0.5, 0.6) is 0 Å². The van der Waals surface area contributed by atoms with E-state index in [2.05, 4.69) is 12.2 Å². The van der Waals surface area contributed by atoms with Gasteiger partial charge in [0.25, 0.3) is 0 Å². The molecule has 0 spiro atoms. The normalized spacial score (nSPS) is 21.0. The summed E-state index contributed by atoms with van der Waals surface area (Å²) in [5, 5.41) is 3.78. The maximum absolute atomic E-state index is 5.92. The molecule has 0 aromatic rings. The highest BCUT2D eigenvalue weighted by Crippen LogP contribution is 2.48. The molecule has 0 heterocycles. The smallest absolute Gasteiger partial charge is 0.0190 e. The van der Waals surface area contributed by atoms with E-state index in [1.54, 1.807) is 0 Å². The van der Waals surface area contributed by atoms with Crippen LogP contribution in [-0.2, 0) is 0 Å². The Morgan fingerprint density at radius 1 is 1.00 bits per heavy atom. The standard InChI is InChI=1S/C17H34N2/c1-2-3-4-5-6-7-16(12-18)19-13-17(14-8-9-14)15-10-11-15/h14-17,19H,2-13,18H2,1H3. The van der Waals surface area contributed by atoms with Crippen molar-refractivity contribution in [1.82, 2.24) is 5.32 Å². The quantitative estimate of drug-likeness (QED) is 0.529. The van der Waals surface area contributed by atoms with Crippen LogP contribution in [0.3, 0.4) is 0 Å². The third kappa shape index (κ3) is 5.83. The Bertz CT molecular complexity index is 221. The van der Waals surface area contributed by atoms with Crippen molar-refractivity contribution < 1.29 is 0 Å². The van der Waals surface area contributed by atoms with Gasteiger partial charge in [0.1, 0.15) is 0 Å². The van der Waals surface area contributed by atoms with E-state index < -0.39 is 0 Å². The first kappa shape index (κ1) is 15.3. The summed E-state index contributed by atoms with van der Waals surface area (Å²) in [4.78, 5) is 0. The SMILES string of the molecule is CCCCCCCC(CN)NCC(C1CC1)C1CC1. The van der Waals surface area contributed by atoms with E-state index in [1.807, 2.05) is 0 Å². The van der Waals surface area contributed by atoms with E-state index in [4.69, 9.17) is 5.73 Å². The summed E-state index contributed by atoms with van der Waals surface area (Å²) in [6.07, 6.45) is 14.1. The summed E-state index contributed by atoms with van der Waals surface area (Å²) >= 11 is 0. The summed E-state index contributed by atoms with van der Waals surface area (Å²) in [5.74, 6) is 3.10. The Balaban J connectivity index is 1.56. The number of nitrogens with two attached hydrogens (primary N) is 1. The maximum Gasteiger partial charge on any atom is 0.0190 e. The van der Waals surface area contributed by atoms with Crippen LogP contribution in [0.2, 0.25) is 0 Å². The highest BCUT2D eigenvalue weighted by atomic mass is 14.9. The fourth-order valence-electron chi connectivity index (χ4n) is 3.37. The van der Waals surface area contributed by atoms with Gasteiger partial charge in [0.2, 0.25) is 0 Å². The van der Waals surface area contributed by atoms with Crippen molar-refractivity contribution in [2.75, 3.05) is 13.1 Å². The van der Waals surface area contributed by atoms with Crippen molar-refractivity contribution in [2.24, 2.45) is 23.5 Å². The molecule has 0 bridgehead atoms. The Morgan fingerprint density at radius 3 is 2.16 bits per heavy atom. The van der Waals surface area contributed by atoms with Crippen molar-refractivity contribution >= 4 is 0 Å². The monoisotopic (exact) mass is 266 g/mol. The van der Waals surface area contributed by atoms with Crippen molar-refractivity contribution in [3.8, 4) is 0 Å². The van der Waals surface area contributed by atoms with Crippen LogP contribution in [0.1, 0.15) is 71.1 Å². The lowest BCUT2D eigenvalue weighted by molar-refractivity contribution is 0.345. The summed E-state index contributed by atoms with van der Waals surface area (Å²) in [6, 6.07) is 0.571. The highest BCUT2D eigenvalue weighted by Gasteiger charge is 2.41. The van der Waals surface area contributed by atoms with Crippen molar-refractivity contribution in [2.45, 2.75) is 77.2 Å². The fraction of sp³-hybridized carbons (Fsp3) is 1.00. The van der Waals surface area contributed by atoms with Crippen LogP contribution in [0.4, 0.5) is 0 Å². The Kier molecular flexibility index (Phi) is 6.66. The average molecular weight is 266 g/mol. The van der Waals surface area contributed by atoms with E-state index in [0.717, 1.165) is 24.3 Å². The summed E-state index contributed by atoms with van der Waals surface area (Å²) in [6.45, 7) is 4.34. The van der Waals surface area contributed by atoms with Gasteiger partial charge in [0.05, 0.1) is 0 Å². The van der Waals surface area contributed by atoms with E-state index in [9.17, 15) is 0 Å². The van der Waals surface area contributed by atoms with Gasteiger partial charge in [-0.05, 0) is 56.4 Å². The van der Waals surface area contributed by atoms with Crippen LogP contribution in [0.15, 0.2) is 0 Å². The Labute approximate surface area is 119 Å². The van der Waals surface area contributed by atoms with Gasteiger partial charge in [-0.1, -0.05) is 39.0 Å². The molecule has 0 aromatic heterocycles. The van der Waals surface area contributed by atoms with Crippen LogP contribution >= 0.6 is 0 Å². The molecule has 2 aliphatic carbocycles. The zero-order valence-electron chi connectivity index (χ0n) is 12.9. The Morgan fingerprint density at radius 2 is 1.63 bits per heavy atom. The van der Waals surface area contributed by atoms with Gasteiger partial charge in [-0.15, -0.1) is 0 Å². The lowest BCUT2D eigenvalue weighted by Gasteiger charge is -2.22. The molecule has 2 rings (SSSR count). The first-order valence-corrected chi connectivity index (χ1v) is 8.78. The zero-order chi connectivity index (χ0) is 13.5. The van der Waals surface area contributed by atoms with Crippen molar-refractivity contribution in [3.05, 3.63) is 0 Å². The molecule has 0 aromatic carbocycles. The molecule has 2 aliphatic rings. The summed E-state index contributed by atoms with van der Waals surface area (Å²) in [7, 11) is 0. The average Bonchev–Trinajstić information content (AvgIpc) is 3.29. The van der Waals surface area contributed by atoms with Crippen LogP contribution < -0.4 is 11.1 Å². The van der Waals surface area contributed by atoms with Gasteiger partial charge in [0.15, 0.2) is 0 Å². The summed E-state index contributed by atoms with van der Waals surface area (Å²) in [5.41, 5.74) is 5.92. The molecule has 2 saturated carbocycles. The van der Waals surface area contributed by atoms with Crippen LogP contribution in [0, 0.1) is 17.8 Å². The first-order chi connectivity index (χ1) is 9.35. The van der Waals surface area contributed by atoms with Gasteiger partial charge in [-0.25, -0.2) is 0 Å². The minimum atomic E-state index is 0.571. The molecule has 19 heavy (non-hydrogen) atoms. The molecule has 0 aliphatic heterocycles. The molecule has 1 unspecified atom stereocenters. The predicted molar refractivity (Wildman–Crippen MR) is 83.2 cm³/mol. The van der Waals surface area contributed by atoms with E-state index in [-0.39, 0.29) is 0 Å². The molecule has 0 saturated heterocycles. The minimum Gasteiger partial charge on any atom is -0.329 e. The lowest BCUT2D eigenvalue weighted by Crippen LogP contribution is -2.39. The number of hydrogen-bond acceptors (Lipinski definition) is 2. The van der Waals surface area contributed by atoms with Gasteiger partial charge >= 0.3 is 0 Å². The van der Waals surface area contributed by atoms with Crippen molar-refractivity contribution in [3.63, 3.8) is 0 Å². The molecule has 0 amide bonds. The molecule has 1 atom stereocenters. The molecule has 2 heteroatoms. The largest absolute Gasteiger partial charge is 0.329 e. The van der Waals surface area contributed by atoms with Crippen LogP contribution in [-0.4, -0.2) is 19.1 Å². The van der Waals surface area contributed by atoms with Gasteiger partial charge in [0, 0.05) is 12.6 Å². The van der Waals surface area contributed by atoms with Crippen LogP contribution in [0.25, 0.3) is 0 Å². The topological polar surface area (TPSA) is 38.0 Å². The zero-order valence-corrected chi connectivity index (χ0v) is 12.9. The lowest BCUT2D eigenvalue weighted by atomic mass is 9.97. The second-order valence-electron chi connectivity index (χ2n) is 6.88. The van der Waals surface area contributed by atoms with E-state index in [1.165, 1.54) is 70.8 Å². The predicted octanol–water partition coefficient (Wildman–Crippen LogP) is 3.70. The number of hydrogen-bond donors (Lipinski definition) is 2. The van der Waals surface area contributed by atoms with E-state index >= 15 is 0 Å². The minimum absolute atomic E-state index is 0.571. The van der Waals surface area contributed by atoms with Gasteiger partial charge < -0.3 is 11.1 Å². The molecule has 2 fully saturated rings. The third-order valence-corrected chi connectivity index (χ3v) is 5.04. The fourth-order valence-corrected chi connectivity index (χ4v) is 3.37. The number of unbranched alkanes of at least 4 members (excludes halogenated alkanes) is 4. The first-order valence-electron chi connectivity index (χ1n) is 8.78. The molecule has 3 N–H and O–H groups in total. The van der Waals surface area contributed by atoms with Crippen molar-refractivity contribution in [1.29, 1.82) is 0 Å². The van der Waals surface area contributed by atoms with Gasteiger partial charge in [-0.3, -0.25) is 0 Å². The summed E-state index contributed by atoms with van der Waals surface area (Å²) < 4.78 is 0. The molecular formula is C17H34N2. The highest BCUT2D eigenvalue weighted by molar-refractivity contribution is 4.93. The second-order valence-corrected chi connectivity index (χ2v) is 6.88. The number of nitrogens with one attached hydrogen (secondary N) is 1. The second kappa shape index (κ2) is 8.26. The van der Waals surface area contributed by atoms with E-state index in [0.29, 0.717) is 6.04 Å². The Hall–Kier alpha value is -0.0800. The molecular weight excluding hydrogens is 232 g/mol. The maximum atomic E-state index is 5.92. The number of rotatable bonds is 12. The molecule has 112 valence electrons.